The van der Waals surface area contributed by atoms with Crippen LogP contribution in [0.3, 0.4) is 0 Å². The van der Waals surface area contributed by atoms with Gasteiger partial charge in [0.15, 0.2) is 0 Å². The maximum absolute atomic E-state index is 0. The van der Waals surface area contributed by atoms with Crippen LogP contribution in [0.4, 0.5) is 0 Å². The van der Waals surface area contributed by atoms with Crippen molar-refractivity contribution in [1.29, 1.82) is 0 Å². The van der Waals surface area contributed by atoms with Gasteiger partial charge in [0.2, 0.25) is 0 Å². The van der Waals surface area contributed by atoms with Crippen LogP contribution in [0.1, 0.15) is 9.99 Å². The van der Waals surface area contributed by atoms with E-state index in [9.17, 15) is 0 Å². The van der Waals surface area contributed by atoms with Gasteiger partial charge in [0.25, 0.3) is 0 Å². The smallest absolute Gasteiger partial charge is 1.00 e. The SMILES string of the molecule is [Ba+2].[H-].[H-].[H-].[H-].[H-].[H-].[H-].[K+].[Li+].[Na+].[Ni].[Sr+2].[V]. The second-order valence-electron chi connectivity index (χ2n) is 0. The number of hydrogen-bond donors (Lipinski definition) is 0. The molecule has 0 saturated carbocycles. The van der Waals surface area contributed by atoms with Gasteiger partial charge in [-0.25, -0.2) is 0 Å². The fraction of sp³-hybridized carbons (Fsp3) is 0. The molecule has 7 heavy (non-hydrogen) atoms. The topological polar surface area (TPSA) is 0 Å². The van der Waals surface area contributed by atoms with Gasteiger partial charge in [-0.15, -0.1) is 0 Å². The van der Waals surface area contributed by atoms with Gasteiger partial charge in [-0.1, -0.05) is 0 Å². The zero-order valence-corrected chi connectivity index (χ0v) is 20.6. The maximum Gasteiger partial charge on any atom is 2.00 e. The molecular formula is H7BaKLiNaNiSrV. The molecule has 29 valence electrons. The van der Waals surface area contributed by atoms with E-state index in [-0.39, 0.29) is 239 Å². The quantitative estimate of drug-likeness (QED) is 0.348. The van der Waals surface area contributed by atoms with Crippen LogP contribution in [-0.2, 0) is 35.0 Å². The van der Waals surface area contributed by atoms with Crippen molar-refractivity contribution in [2.75, 3.05) is 0 Å². The van der Waals surface area contributed by atoms with E-state index in [1.807, 2.05) is 0 Å². The van der Waals surface area contributed by atoms with E-state index < -0.39 is 0 Å². The molecule has 0 amide bonds. The molecule has 0 aromatic carbocycles. The predicted octanol–water partition coefficient (Wildman–Crippen LogP) is -8.97. The Morgan fingerprint density at radius 1 is 1.14 bits per heavy atom. The molecule has 0 bridgehead atoms. The van der Waals surface area contributed by atoms with E-state index in [0.717, 1.165) is 0 Å². The van der Waals surface area contributed by atoms with Crippen molar-refractivity contribution >= 4 is 94.4 Å². The van der Waals surface area contributed by atoms with Crippen LogP contribution in [0, 0.1) is 0 Å². The van der Waals surface area contributed by atoms with Gasteiger partial charge in [-0.2, -0.15) is 0 Å². The average molecular weight is 411 g/mol. The Morgan fingerprint density at radius 3 is 1.14 bits per heavy atom. The molecule has 0 atom stereocenters. The average Bonchev–Trinajstić information content (AvgIpc) is 0. The normalized spacial score (nSPS) is 0. The van der Waals surface area contributed by atoms with Crippen molar-refractivity contribution < 1.29 is 145 Å². The van der Waals surface area contributed by atoms with Gasteiger partial charge in [-0.3, -0.25) is 0 Å². The van der Waals surface area contributed by atoms with Crippen LogP contribution in [-0.4, -0.2) is 94.4 Å². The molecule has 0 aromatic rings. The Balaban J connectivity index is 0. The first kappa shape index (κ1) is 47.3. The summed E-state index contributed by atoms with van der Waals surface area (Å²) >= 11 is 0. The van der Waals surface area contributed by atoms with Crippen LogP contribution in [0.2, 0.25) is 0 Å². The fourth-order valence-corrected chi connectivity index (χ4v) is 0. The van der Waals surface area contributed by atoms with E-state index in [2.05, 4.69) is 0 Å². The minimum Gasteiger partial charge on any atom is -1.00 e. The Kier molecular flexibility index (Phi) is 255. The zero-order chi connectivity index (χ0) is 0. The van der Waals surface area contributed by atoms with Crippen molar-refractivity contribution in [3.8, 4) is 0 Å². The summed E-state index contributed by atoms with van der Waals surface area (Å²) in [7, 11) is 0. The summed E-state index contributed by atoms with van der Waals surface area (Å²) in [5.74, 6) is 0. The first-order valence-corrected chi connectivity index (χ1v) is 0. The number of hydrogen-bond acceptors (Lipinski definition) is 0. The van der Waals surface area contributed by atoms with Gasteiger partial charge in [0.05, 0.1) is 0 Å². The molecule has 0 heterocycles. The monoisotopic (exact) mass is 411 g/mol. The molecular weight excluding hydrogens is 404 g/mol. The van der Waals surface area contributed by atoms with Crippen molar-refractivity contribution in [3.05, 3.63) is 0 Å². The molecule has 0 fully saturated rings. The van der Waals surface area contributed by atoms with E-state index in [4.69, 9.17) is 0 Å². The summed E-state index contributed by atoms with van der Waals surface area (Å²) in [5.41, 5.74) is 0. The standard InChI is InChI=1S/Ba.K.Li.Na.Ni.Sr.V.7H/q+2;3*+1;;+2;;7*-1. The maximum atomic E-state index is 0. The molecule has 0 aliphatic heterocycles. The summed E-state index contributed by atoms with van der Waals surface area (Å²) in [6.07, 6.45) is 0. The summed E-state index contributed by atoms with van der Waals surface area (Å²) < 4.78 is 0. The van der Waals surface area contributed by atoms with Crippen LogP contribution >= 0.6 is 0 Å². The van der Waals surface area contributed by atoms with Crippen molar-refractivity contribution in [2.24, 2.45) is 0 Å². The molecule has 0 aliphatic rings. The third-order valence-corrected chi connectivity index (χ3v) is 0. The van der Waals surface area contributed by atoms with Crippen molar-refractivity contribution in [1.82, 2.24) is 0 Å². The molecule has 0 saturated heterocycles. The van der Waals surface area contributed by atoms with Gasteiger partial charge in [0, 0.05) is 35.0 Å². The van der Waals surface area contributed by atoms with Crippen LogP contribution < -0.4 is 99.8 Å². The summed E-state index contributed by atoms with van der Waals surface area (Å²) in [6, 6.07) is 0. The van der Waals surface area contributed by atoms with Gasteiger partial charge in [-0.05, 0) is 0 Å². The van der Waals surface area contributed by atoms with Crippen molar-refractivity contribution in [2.45, 2.75) is 0 Å². The molecule has 0 aromatic heterocycles. The summed E-state index contributed by atoms with van der Waals surface area (Å²) in [4.78, 5) is 0. The second kappa shape index (κ2) is 37.7. The third-order valence-electron chi connectivity index (χ3n) is 0. The largest absolute Gasteiger partial charge is 2.00 e. The van der Waals surface area contributed by atoms with Crippen molar-refractivity contribution in [3.63, 3.8) is 0 Å². The second-order valence-corrected chi connectivity index (χ2v) is 0. The molecule has 0 spiro atoms. The predicted molar refractivity (Wildman–Crippen MR) is 19.3 cm³/mol. The van der Waals surface area contributed by atoms with E-state index >= 15 is 0 Å². The number of rotatable bonds is 0. The van der Waals surface area contributed by atoms with Crippen LogP contribution in [0.15, 0.2) is 0 Å². The molecule has 0 N–H and O–H groups in total. The molecule has 0 aliphatic carbocycles. The molecule has 0 rings (SSSR count). The van der Waals surface area contributed by atoms with E-state index in [1.165, 1.54) is 0 Å². The molecule has 0 unspecified atom stereocenters. The third kappa shape index (κ3) is 31.8. The minimum atomic E-state index is 0. The van der Waals surface area contributed by atoms with E-state index in [1.54, 1.807) is 0 Å². The Morgan fingerprint density at radius 2 is 1.14 bits per heavy atom. The van der Waals surface area contributed by atoms with Gasteiger partial charge < -0.3 is 9.99 Å². The summed E-state index contributed by atoms with van der Waals surface area (Å²) in [5, 5.41) is 0. The zero-order valence-electron chi connectivity index (χ0n) is 12.2. The molecule has 1 radical (unpaired) electrons. The Labute approximate surface area is 231 Å². The minimum absolute atomic E-state index is 0. The van der Waals surface area contributed by atoms with Crippen LogP contribution in [0.5, 0.6) is 0 Å². The van der Waals surface area contributed by atoms with Gasteiger partial charge >= 0.3 is 194 Å². The molecule has 7 heteroatoms. The fourth-order valence-electron chi connectivity index (χ4n) is 0. The Hall–Kier alpha value is 7.36. The molecule has 0 nitrogen and oxygen atoms in total. The first-order chi connectivity index (χ1) is 0. The Bertz CT molecular complexity index is 33.7. The van der Waals surface area contributed by atoms with Crippen LogP contribution in [0.25, 0.3) is 0 Å². The first-order valence-electron chi connectivity index (χ1n) is 0. The van der Waals surface area contributed by atoms with Gasteiger partial charge in [0.1, 0.15) is 0 Å². The summed E-state index contributed by atoms with van der Waals surface area (Å²) in [6.45, 7) is 0. The van der Waals surface area contributed by atoms with E-state index in [0.29, 0.717) is 0 Å².